The number of hydrogen-bond acceptors (Lipinski definition) is 6. The first kappa shape index (κ1) is 12.4. The van der Waals surface area contributed by atoms with Gasteiger partial charge in [-0.1, -0.05) is 16.4 Å². The number of rotatable bonds is 6. The minimum Gasteiger partial charge on any atom is -0.497 e. The van der Waals surface area contributed by atoms with Gasteiger partial charge < -0.3 is 14.8 Å². The van der Waals surface area contributed by atoms with Crippen molar-refractivity contribution in [2.24, 2.45) is 0 Å². The normalized spacial score (nSPS) is 14.4. The first-order valence-electron chi connectivity index (χ1n) is 6.21. The van der Waals surface area contributed by atoms with Crippen molar-refractivity contribution in [1.29, 1.82) is 0 Å². The summed E-state index contributed by atoms with van der Waals surface area (Å²) in [5.74, 6) is 1.54. The molecule has 0 atom stereocenters. The Morgan fingerprint density at radius 3 is 2.63 bits per heavy atom. The molecule has 1 aromatic heterocycles. The van der Waals surface area contributed by atoms with E-state index < -0.39 is 0 Å². The van der Waals surface area contributed by atoms with E-state index in [1.165, 1.54) is 24.2 Å². The summed E-state index contributed by atoms with van der Waals surface area (Å²) in [7, 11) is 1.64. The summed E-state index contributed by atoms with van der Waals surface area (Å²) in [4.78, 5) is 0. The molecule has 100 valence electrons. The molecule has 1 aromatic carbocycles. The molecule has 2 aromatic rings. The Bertz CT molecular complexity index is 537. The third-order valence-corrected chi connectivity index (χ3v) is 3.63. The van der Waals surface area contributed by atoms with Crippen LogP contribution < -0.4 is 14.8 Å². The van der Waals surface area contributed by atoms with Crippen LogP contribution in [0.1, 0.15) is 17.8 Å². The second-order valence-electron chi connectivity index (χ2n) is 4.39. The van der Waals surface area contributed by atoms with E-state index in [-0.39, 0.29) is 0 Å². The zero-order chi connectivity index (χ0) is 13.1. The quantitative estimate of drug-likeness (QED) is 0.879. The number of methoxy groups -OCH3 is 1. The molecule has 0 saturated heterocycles. The van der Waals surface area contributed by atoms with Crippen molar-refractivity contribution in [3.63, 3.8) is 0 Å². The van der Waals surface area contributed by atoms with Gasteiger partial charge in [0, 0.05) is 6.04 Å². The van der Waals surface area contributed by atoms with E-state index in [2.05, 4.69) is 15.5 Å². The highest BCUT2D eigenvalue weighted by atomic mass is 32.1. The molecule has 19 heavy (non-hydrogen) atoms. The second kappa shape index (κ2) is 5.54. The van der Waals surface area contributed by atoms with Crippen LogP contribution in [0.15, 0.2) is 24.3 Å². The molecule has 0 amide bonds. The Balaban J connectivity index is 1.58. The molecule has 1 saturated carbocycles. The van der Waals surface area contributed by atoms with Crippen molar-refractivity contribution in [1.82, 2.24) is 15.5 Å². The number of hydrogen-bond donors (Lipinski definition) is 1. The highest BCUT2D eigenvalue weighted by Crippen LogP contribution is 2.27. The van der Waals surface area contributed by atoms with Crippen molar-refractivity contribution in [2.75, 3.05) is 7.11 Å². The highest BCUT2D eigenvalue weighted by Gasteiger charge is 2.20. The smallest absolute Gasteiger partial charge is 0.299 e. The molecular weight excluding hydrogens is 262 g/mol. The molecule has 1 aliphatic carbocycles. The van der Waals surface area contributed by atoms with Crippen molar-refractivity contribution >= 4 is 11.3 Å². The van der Waals surface area contributed by atoms with Gasteiger partial charge in [0.15, 0.2) is 0 Å². The van der Waals surface area contributed by atoms with Crippen LogP contribution in [-0.4, -0.2) is 23.3 Å². The lowest BCUT2D eigenvalue weighted by atomic mass is 10.3. The Morgan fingerprint density at radius 1 is 1.21 bits per heavy atom. The van der Waals surface area contributed by atoms with Gasteiger partial charge in [-0.15, -0.1) is 5.10 Å². The number of nitrogens with zero attached hydrogens (tertiary/aromatic N) is 2. The molecule has 6 heteroatoms. The van der Waals surface area contributed by atoms with Crippen molar-refractivity contribution in [3.8, 4) is 16.7 Å². The average Bonchev–Trinajstić information content (AvgIpc) is 3.17. The van der Waals surface area contributed by atoms with Crippen molar-refractivity contribution in [2.45, 2.75) is 25.4 Å². The summed E-state index contributed by atoms with van der Waals surface area (Å²) in [6.45, 7) is 0.772. The number of aromatic nitrogens is 2. The van der Waals surface area contributed by atoms with Crippen LogP contribution in [0.5, 0.6) is 16.7 Å². The van der Waals surface area contributed by atoms with Crippen LogP contribution in [0.25, 0.3) is 0 Å². The van der Waals surface area contributed by atoms with E-state index in [1.54, 1.807) is 7.11 Å². The Morgan fingerprint density at radius 2 is 1.95 bits per heavy atom. The lowest BCUT2D eigenvalue weighted by Crippen LogP contribution is -2.14. The van der Waals surface area contributed by atoms with Gasteiger partial charge in [0.25, 0.3) is 5.19 Å². The lowest BCUT2D eigenvalue weighted by Gasteiger charge is -2.02. The predicted octanol–water partition coefficient (Wildman–Crippen LogP) is 2.59. The number of benzene rings is 1. The average molecular weight is 277 g/mol. The molecule has 0 bridgehead atoms. The summed E-state index contributed by atoms with van der Waals surface area (Å²) >= 11 is 1.47. The number of nitrogens with one attached hydrogen (secondary N) is 1. The zero-order valence-electron chi connectivity index (χ0n) is 10.6. The SMILES string of the molecule is COc1ccc(Oc2nnc(CNC3CC3)s2)cc1. The molecule has 1 N–H and O–H groups in total. The van der Waals surface area contributed by atoms with Gasteiger partial charge in [-0.3, -0.25) is 0 Å². The van der Waals surface area contributed by atoms with Crippen molar-refractivity contribution in [3.05, 3.63) is 29.3 Å². The minimum atomic E-state index is 0.567. The summed E-state index contributed by atoms with van der Waals surface area (Å²) in [5, 5.41) is 13.1. The molecule has 3 rings (SSSR count). The Hall–Kier alpha value is -1.66. The largest absolute Gasteiger partial charge is 0.497 e. The monoisotopic (exact) mass is 277 g/mol. The van der Waals surface area contributed by atoms with E-state index in [4.69, 9.17) is 9.47 Å². The predicted molar refractivity (Wildman–Crippen MR) is 72.8 cm³/mol. The molecule has 1 heterocycles. The fraction of sp³-hybridized carbons (Fsp3) is 0.385. The first-order chi connectivity index (χ1) is 9.33. The minimum absolute atomic E-state index is 0.567. The van der Waals surface area contributed by atoms with E-state index in [1.807, 2.05) is 24.3 Å². The molecule has 0 aliphatic heterocycles. The topological polar surface area (TPSA) is 56.3 Å². The van der Waals surface area contributed by atoms with Gasteiger partial charge in [0.05, 0.1) is 13.7 Å². The molecule has 5 nitrogen and oxygen atoms in total. The van der Waals surface area contributed by atoms with Crippen LogP contribution >= 0.6 is 11.3 Å². The fourth-order valence-corrected chi connectivity index (χ4v) is 2.27. The molecule has 0 spiro atoms. The lowest BCUT2D eigenvalue weighted by molar-refractivity contribution is 0.412. The summed E-state index contributed by atoms with van der Waals surface area (Å²) < 4.78 is 10.7. The maximum atomic E-state index is 5.64. The van der Waals surface area contributed by atoms with Crippen LogP contribution in [0.3, 0.4) is 0 Å². The zero-order valence-corrected chi connectivity index (χ0v) is 11.4. The van der Waals surface area contributed by atoms with Gasteiger partial charge in [0.2, 0.25) is 0 Å². The Kier molecular flexibility index (Phi) is 3.61. The van der Waals surface area contributed by atoms with Gasteiger partial charge in [-0.2, -0.15) is 0 Å². The third-order valence-electron chi connectivity index (χ3n) is 2.83. The van der Waals surface area contributed by atoms with Crippen LogP contribution in [0.4, 0.5) is 0 Å². The Labute approximate surface area is 115 Å². The maximum Gasteiger partial charge on any atom is 0.299 e. The van der Waals surface area contributed by atoms with Crippen molar-refractivity contribution < 1.29 is 9.47 Å². The summed E-state index contributed by atoms with van der Waals surface area (Å²) in [6.07, 6.45) is 2.54. The second-order valence-corrected chi connectivity index (χ2v) is 5.42. The highest BCUT2D eigenvalue weighted by molar-refractivity contribution is 7.13. The maximum absolute atomic E-state index is 5.64. The van der Waals surface area contributed by atoms with E-state index in [9.17, 15) is 0 Å². The van der Waals surface area contributed by atoms with Crippen LogP contribution in [-0.2, 0) is 6.54 Å². The molecule has 0 radical (unpaired) electrons. The van der Waals surface area contributed by atoms with Crippen LogP contribution in [0.2, 0.25) is 0 Å². The standard InChI is InChI=1S/C13H15N3O2S/c1-17-10-4-6-11(7-5-10)18-13-16-15-12(19-13)8-14-9-2-3-9/h4-7,9,14H,2-3,8H2,1H3. The summed E-state index contributed by atoms with van der Waals surface area (Å²) in [6, 6.07) is 8.08. The van der Waals surface area contributed by atoms with Gasteiger partial charge >= 0.3 is 0 Å². The van der Waals surface area contributed by atoms with Crippen LogP contribution in [0, 0.1) is 0 Å². The fourth-order valence-electron chi connectivity index (χ4n) is 1.61. The van der Waals surface area contributed by atoms with E-state index in [0.717, 1.165) is 23.1 Å². The number of ether oxygens (including phenoxy) is 2. The van der Waals surface area contributed by atoms with Gasteiger partial charge in [0.1, 0.15) is 16.5 Å². The van der Waals surface area contributed by atoms with E-state index >= 15 is 0 Å². The molecular formula is C13H15N3O2S. The molecule has 0 unspecified atom stereocenters. The third kappa shape index (κ3) is 3.42. The first-order valence-corrected chi connectivity index (χ1v) is 7.03. The molecule has 1 fully saturated rings. The van der Waals surface area contributed by atoms with Gasteiger partial charge in [-0.05, 0) is 37.1 Å². The molecule has 1 aliphatic rings. The van der Waals surface area contributed by atoms with Gasteiger partial charge in [-0.25, -0.2) is 0 Å². The van der Waals surface area contributed by atoms with E-state index in [0.29, 0.717) is 11.2 Å². The summed E-state index contributed by atoms with van der Waals surface area (Å²) in [5.41, 5.74) is 0.